The standard InChI is InChI=1S/C30H33N7O3S/c1-30(2,3)29-34-33-28(40-29)21-5-9-22(10-6-21)35-41(38,39)24-13-14-25-26(19-24)32-27(31-25)20-7-11-23(12-8-20)37-17-15-36(4)16-18-37/h5-14,19,35H,15-18H2,1-4H3,(H,31,32). The monoisotopic (exact) mass is 571 g/mol. The number of imidazole rings is 1. The van der Waals surface area contributed by atoms with Crippen molar-refractivity contribution in [2.75, 3.05) is 42.8 Å². The van der Waals surface area contributed by atoms with Gasteiger partial charge in [-0.25, -0.2) is 13.4 Å². The Morgan fingerprint density at radius 1 is 0.878 bits per heavy atom. The quantitative estimate of drug-likeness (QED) is 0.288. The van der Waals surface area contributed by atoms with Crippen molar-refractivity contribution >= 4 is 32.4 Å². The second-order valence-corrected chi connectivity index (χ2v) is 13.1. The van der Waals surface area contributed by atoms with Gasteiger partial charge in [-0.15, -0.1) is 10.2 Å². The molecule has 212 valence electrons. The van der Waals surface area contributed by atoms with Crippen LogP contribution in [-0.2, 0) is 15.4 Å². The molecule has 0 spiro atoms. The Balaban J connectivity index is 1.17. The number of hydrogen-bond acceptors (Lipinski definition) is 8. The summed E-state index contributed by atoms with van der Waals surface area (Å²) in [5, 5.41) is 8.23. The first-order valence-electron chi connectivity index (χ1n) is 13.6. The molecule has 5 aromatic rings. The van der Waals surface area contributed by atoms with Crippen LogP contribution in [0.2, 0.25) is 0 Å². The molecular formula is C30H33N7O3S. The molecule has 1 aliphatic rings. The molecule has 3 aromatic carbocycles. The van der Waals surface area contributed by atoms with E-state index >= 15 is 0 Å². The van der Waals surface area contributed by atoms with E-state index in [2.05, 4.69) is 53.9 Å². The molecule has 10 nitrogen and oxygen atoms in total. The molecule has 2 N–H and O–H groups in total. The van der Waals surface area contributed by atoms with Crippen molar-refractivity contribution in [2.24, 2.45) is 0 Å². The summed E-state index contributed by atoms with van der Waals surface area (Å²) in [6, 6.07) is 20.0. The number of fused-ring (bicyclic) bond motifs is 1. The number of anilines is 2. The molecule has 0 bridgehead atoms. The molecule has 6 rings (SSSR count). The summed E-state index contributed by atoms with van der Waals surface area (Å²) in [5.74, 6) is 1.62. The molecule has 0 aliphatic carbocycles. The van der Waals surface area contributed by atoms with E-state index < -0.39 is 10.0 Å². The zero-order chi connectivity index (χ0) is 28.8. The number of aromatic amines is 1. The minimum atomic E-state index is -3.83. The molecule has 1 saturated heterocycles. The van der Waals surface area contributed by atoms with E-state index in [9.17, 15) is 8.42 Å². The van der Waals surface area contributed by atoms with Crippen LogP contribution in [0.1, 0.15) is 26.7 Å². The highest BCUT2D eigenvalue weighted by molar-refractivity contribution is 7.92. The van der Waals surface area contributed by atoms with Gasteiger partial charge in [-0.05, 0) is 73.8 Å². The fourth-order valence-electron chi connectivity index (χ4n) is 4.73. The van der Waals surface area contributed by atoms with Gasteiger partial charge in [0.25, 0.3) is 10.0 Å². The number of piperazine rings is 1. The average molecular weight is 572 g/mol. The molecule has 11 heteroatoms. The van der Waals surface area contributed by atoms with Crippen molar-refractivity contribution in [2.45, 2.75) is 31.1 Å². The maximum atomic E-state index is 13.2. The smallest absolute Gasteiger partial charge is 0.261 e. The van der Waals surface area contributed by atoms with Gasteiger partial charge in [0.05, 0.1) is 15.9 Å². The van der Waals surface area contributed by atoms with Crippen LogP contribution < -0.4 is 9.62 Å². The average Bonchev–Trinajstić information content (AvgIpc) is 3.62. The molecule has 1 aliphatic heterocycles. The van der Waals surface area contributed by atoms with Gasteiger partial charge in [-0.3, -0.25) is 4.72 Å². The van der Waals surface area contributed by atoms with Gasteiger partial charge in [0.1, 0.15) is 5.82 Å². The summed E-state index contributed by atoms with van der Waals surface area (Å²) in [7, 11) is -1.69. The number of likely N-dealkylation sites (N-methyl/N-ethyl adjacent to an activating group) is 1. The third-order valence-corrected chi connectivity index (χ3v) is 8.60. The highest BCUT2D eigenvalue weighted by Gasteiger charge is 2.22. The largest absolute Gasteiger partial charge is 0.420 e. The number of nitrogens with zero attached hydrogens (tertiary/aromatic N) is 5. The van der Waals surface area contributed by atoms with Gasteiger partial charge in [0.2, 0.25) is 11.8 Å². The van der Waals surface area contributed by atoms with E-state index in [1.807, 2.05) is 32.9 Å². The number of H-pyrrole nitrogens is 1. The maximum absolute atomic E-state index is 13.2. The molecule has 2 aromatic heterocycles. The lowest BCUT2D eigenvalue weighted by atomic mass is 9.97. The van der Waals surface area contributed by atoms with Gasteiger partial charge in [-0.2, -0.15) is 0 Å². The van der Waals surface area contributed by atoms with Crippen LogP contribution >= 0.6 is 0 Å². The molecule has 0 unspecified atom stereocenters. The van der Waals surface area contributed by atoms with E-state index in [1.54, 1.807) is 42.5 Å². The Morgan fingerprint density at radius 2 is 1.56 bits per heavy atom. The number of sulfonamides is 1. The van der Waals surface area contributed by atoms with Gasteiger partial charge in [0, 0.05) is 54.1 Å². The topological polar surface area (TPSA) is 120 Å². The fraction of sp³-hybridized carbons (Fsp3) is 0.300. The Bertz CT molecular complexity index is 1780. The van der Waals surface area contributed by atoms with E-state index in [0.29, 0.717) is 39.9 Å². The van der Waals surface area contributed by atoms with Gasteiger partial charge >= 0.3 is 0 Å². The van der Waals surface area contributed by atoms with E-state index in [-0.39, 0.29) is 10.3 Å². The SMILES string of the molecule is CN1CCN(c2ccc(-c3nc4ccc(S(=O)(=O)Nc5ccc(-c6nnc(C(C)(C)C)o6)cc5)cc4[nH]3)cc2)CC1. The van der Waals surface area contributed by atoms with Gasteiger partial charge in [-0.1, -0.05) is 20.8 Å². The van der Waals surface area contributed by atoms with Crippen LogP contribution in [-0.4, -0.2) is 66.7 Å². The highest BCUT2D eigenvalue weighted by atomic mass is 32.2. The van der Waals surface area contributed by atoms with Crippen molar-refractivity contribution in [3.05, 3.63) is 72.6 Å². The van der Waals surface area contributed by atoms with Crippen molar-refractivity contribution < 1.29 is 12.8 Å². The minimum absolute atomic E-state index is 0.140. The highest BCUT2D eigenvalue weighted by Crippen LogP contribution is 2.28. The van der Waals surface area contributed by atoms with E-state index in [1.165, 1.54) is 5.69 Å². The molecule has 41 heavy (non-hydrogen) atoms. The summed E-state index contributed by atoms with van der Waals surface area (Å²) in [6.07, 6.45) is 0. The normalized spacial score (nSPS) is 15.0. The number of benzene rings is 3. The summed E-state index contributed by atoms with van der Waals surface area (Å²) in [6.45, 7) is 10.1. The number of rotatable bonds is 6. The third kappa shape index (κ3) is 5.68. The minimum Gasteiger partial charge on any atom is -0.420 e. The first-order chi connectivity index (χ1) is 19.5. The fourth-order valence-corrected chi connectivity index (χ4v) is 5.81. The zero-order valence-electron chi connectivity index (χ0n) is 23.5. The third-order valence-electron chi connectivity index (χ3n) is 7.22. The van der Waals surface area contributed by atoms with Crippen LogP contribution in [0.15, 0.2) is 76.0 Å². The zero-order valence-corrected chi connectivity index (χ0v) is 24.4. The molecule has 3 heterocycles. The molecule has 0 saturated carbocycles. The predicted molar refractivity (Wildman–Crippen MR) is 160 cm³/mol. The summed E-state index contributed by atoms with van der Waals surface area (Å²) in [5.41, 5.74) is 4.35. The molecule has 1 fully saturated rings. The van der Waals surface area contributed by atoms with Crippen LogP contribution in [0.5, 0.6) is 0 Å². The van der Waals surface area contributed by atoms with Crippen molar-refractivity contribution in [1.82, 2.24) is 25.1 Å². The first kappa shape index (κ1) is 27.0. The van der Waals surface area contributed by atoms with Crippen LogP contribution in [0.25, 0.3) is 33.9 Å². The van der Waals surface area contributed by atoms with Crippen molar-refractivity contribution in [3.63, 3.8) is 0 Å². The molecule has 0 atom stereocenters. The van der Waals surface area contributed by atoms with Gasteiger partial charge in [0.15, 0.2) is 0 Å². The number of aromatic nitrogens is 4. The number of nitrogens with one attached hydrogen (secondary N) is 2. The van der Waals surface area contributed by atoms with Crippen molar-refractivity contribution in [3.8, 4) is 22.8 Å². The summed E-state index contributed by atoms with van der Waals surface area (Å²) >= 11 is 0. The van der Waals surface area contributed by atoms with Crippen LogP contribution in [0.3, 0.4) is 0 Å². The van der Waals surface area contributed by atoms with Crippen LogP contribution in [0.4, 0.5) is 11.4 Å². The molecular weight excluding hydrogens is 538 g/mol. The predicted octanol–water partition coefficient (Wildman–Crippen LogP) is 5.13. The lowest BCUT2D eigenvalue weighted by molar-refractivity contribution is 0.313. The first-order valence-corrected chi connectivity index (χ1v) is 15.0. The molecule has 0 radical (unpaired) electrons. The van der Waals surface area contributed by atoms with E-state index in [4.69, 9.17) is 4.42 Å². The lowest BCUT2D eigenvalue weighted by Crippen LogP contribution is -2.44. The number of hydrogen-bond donors (Lipinski definition) is 2. The summed E-state index contributed by atoms with van der Waals surface area (Å²) < 4.78 is 34.8. The van der Waals surface area contributed by atoms with Gasteiger partial charge < -0.3 is 19.2 Å². The Kier molecular flexibility index (Phi) is 6.79. The Hall–Kier alpha value is -4.22. The maximum Gasteiger partial charge on any atom is 0.261 e. The van der Waals surface area contributed by atoms with Crippen LogP contribution in [0, 0.1) is 0 Å². The Labute approximate surface area is 239 Å². The van der Waals surface area contributed by atoms with Crippen molar-refractivity contribution in [1.29, 1.82) is 0 Å². The second-order valence-electron chi connectivity index (χ2n) is 11.4. The summed E-state index contributed by atoms with van der Waals surface area (Å²) in [4.78, 5) is 12.8. The lowest BCUT2D eigenvalue weighted by Gasteiger charge is -2.34. The molecule has 0 amide bonds. The second kappa shape index (κ2) is 10.3. The van der Waals surface area contributed by atoms with E-state index in [0.717, 1.165) is 31.7 Å². The Morgan fingerprint density at radius 3 is 2.22 bits per heavy atom.